The maximum Gasteiger partial charge on any atom is 0.336 e. The molecule has 3 aromatic carbocycles. The predicted octanol–water partition coefficient (Wildman–Crippen LogP) is 3.30. The summed E-state index contributed by atoms with van der Waals surface area (Å²) in [6.07, 6.45) is 0. The van der Waals surface area contributed by atoms with E-state index in [0.717, 1.165) is 32.2 Å². The van der Waals surface area contributed by atoms with E-state index in [1.807, 2.05) is 49.5 Å². The van der Waals surface area contributed by atoms with Crippen LogP contribution in [0.5, 0.6) is 0 Å². The van der Waals surface area contributed by atoms with Gasteiger partial charge in [0, 0.05) is 22.6 Å². The molecule has 0 radical (unpaired) electrons. The van der Waals surface area contributed by atoms with E-state index in [4.69, 9.17) is 4.42 Å². The van der Waals surface area contributed by atoms with Crippen LogP contribution in [0.4, 0.5) is 4.39 Å². The van der Waals surface area contributed by atoms with Gasteiger partial charge in [-0.1, -0.05) is 42.5 Å². The van der Waals surface area contributed by atoms with E-state index >= 15 is 0 Å². The monoisotopic (exact) mass is 348 g/mol. The van der Waals surface area contributed by atoms with Crippen molar-refractivity contribution in [2.45, 2.75) is 13.1 Å². The minimum atomic E-state index is -0.346. The molecule has 1 atom stereocenters. The van der Waals surface area contributed by atoms with Crippen molar-refractivity contribution in [2.75, 3.05) is 7.05 Å². The smallest absolute Gasteiger partial charge is 0.336 e. The van der Waals surface area contributed by atoms with Gasteiger partial charge in [-0.2, -0.15) is 0 Å². The highest BCUT2D eigenvalue weighted by Gasteiger charge is 2.14. The molecule has 4 aromatic rings. The Kier molecular flexibility index (Phi) is 4.27. The molecule has 0 bridgehead atoms. The lowest BCUT2D eigenvalue weighted by Crippen LogP contribution is -3.06. The molecule has 130 valence electrons. The summed E-state index contributed by atoms with van der Waals surface area (Å²) in [6.45, 7) is 1.32. The van der Waals surface area contributed by atoms with Crippen molar-refractivity contribution in [3.8, 4) is 0 Å². The van der Waals surface area contributed by atoms with Crippen LogP contribution in [0.2, 0.25) is 0 Å². The number of benzene rings is 3. The number of hydrogen-bond donors (Lipinski definition) is 1. The fraction of sp³-hybridized carbons (Fsp3) is 0.136. The van der Waals surface area contributed by atoms with Gasteiger partial charge in [0.25, 0.3) is 0 Å². The summed E-state index contributed by atoms with van der Waals surface area (Å²) in [5.41, 5.74) is 2.13. The van der Waals surface area contributed by atoms with Crippen LogP contribution >= 0.6 is 0 Å². The average molecular weight is 348 g/mol. The molecule has 26 heavy (non-hydrogen) atoms. The highest BCUT2D eigenvalue weighted by Crippen LogP contribution is 2.27. The van der Waals surface area contributed by atoms with Crippen molar-refractivity contribution >= 4 is 21.7 Å². The Bertz CT molecular complexity index is 1150. The van der Waals surface area contributed by atoms with Gasteiger partial charge in [-0.3, -0.25) is 0 Å². The Morgan fingerprint density at radius 1 is 0.962 bits per heavy atom. The van der Waals surface area contributed by atoms with Gasteiger partial charge in [0.05, 0.1) is 7.05 Å². The molecular weight excluding hydrogens is 329 g/mol. The van der Waals surface area contributed by atoms with Gasteiger partial charge in [0.1, 0.15) is 24.5 Å². The molecule has 0 saturated heterocycles. The van der Waals surface area contributed by atoms with Crippen molar-refractivity contribution in [3.05, 3.63) is 94.1 Å². The topological polar surface area (TPSA) is 34.7 Å². The predicted molar refractivity (Wildman–Crippen MR) is 101 cm³/mol. The lowest BCUT2D eigenvalue weighted by molar-refractivity contribution is -0.907. The van der Waals surface area contributed by atoms with Gasteiger partial charge in [-0.25, -0.2) is 9.18 Å². The minimum Gasteiger partial charge on any atom is -0.423 e. The lowest BCUT2D eigenvalue weighted by atomic mass is 10.0. The highest BCUT2D eigenvalue weighted by atomic mass is 19.1. The first kappa shape index (κ1) is 16.5. The molecule has 4 heteroatoms. The summed E-state index contributed by atoms with van der Waals surface area (Å²) in [7, 11) is 2.04. The van der Waals surface area contributed by atoms with Gasteiger partial charge in [0.2, 0.25) is 0 Å². The third-order valence-electron chi connectivity index (χ3n) is 4.60. The summed E-state index contributed by atoms with van der Waals surface area (Å²) in [6, 6.07) is 20.1. The minimum absolute atomic E-state index is 0.230. The molecule has 4 rings (SSSR count). The molecule has 1 unspecified atom stereocenters. The molecule has 1 N–H and O–H groups in total. The summed E-state index contributed by atoms with van der Waals surface area (Å²) < 4.78 is 18.8. The van der Waals surface area contributed by atoms with E-state index in [1.54, 1.807) is 18.2 Å². The van der Waals surface area contributed by atoms with E-state index < -0.39 is 0 Å². The lowest BCUT2D eigenvalue weighted by Gasteiger charge is -2.16. The van der Waals surface area contributed by atoms with E-state index in [9.17, 15) is 9.18 Å². The molecule has 0 saturated carbocycles. The van der Waals surface area contributed by atoms with E-state index in [-0.39, 0.29) is 11.4 Å². The SMILES string of the molecule is C[NH+](Cc1cccc(F)c1)Cc1cc(=O)oc2ccc3ccccc3c12. The summed E-state index contributed by atoms with van der Waals surface area (Å²) >= 11 is 0. The summed E-state index contributed by atoms with van der Waals surface area (Å²) in [4.78, 5) is 13.2. The Morgan fingerprint density at radius 3 is 2.65 bits per heavy atom. The van der Waals surface area contributed by atoms with Crippen molar-refractivity contribution in [1.29, 1.82) is 0 Å². The molecular formula is C22H19FNO2+. The number of nitrogens with one attached hydrogen (secondary N) is 1. The summed E-state index contributed by atoms with van der Waals surface area (Å²) in [5, 5.41) is 3.15. The zero-order valence-corrected chi connectivity index (χ0v) is 14.5. The summed E-state index contributed by atoms with van der Waals surface area (Å²) in [5.74, 6) is -0.230. The number of fused-ring (bicyclic) bond motifs is 3. The first-order valence-electron chi connectivity index (χ1n) is 8.60. The van der Waals surface area contributed by atoms with Gasteiger partial charge in [-0.15, -0.1) is 0 Å². The second kappa shape index (κ2) is 6.73. The van der Waals surface area contributed by atoms with E-state index in [0.29, 0.717) is 18.7 Å². The first-order valence-corrected chi connectivity index (χ1v) is 8.60. The van der Waals surface area contributed by atoms with Crippen LogP contribution < -0.4 is 10.5 Å². The number of rotatable bonds is 4. The van der Waals surface area contributed by atoms with Crippen LogP contribution in [0.1, 0.15) is 11.1 Å². The Labute approximate surface area is 150 Å². The number of quaternary nitrogens is 1. The fourth-order valence-electron chi connectivity index (χ4n) is 3.54. The average Bonchev–Trinajstić information content (AvgIpc) is 2.61. The van der Waals surface area contributed by atoms with Gasteiger partial charge in [-0.05, 0) is 29.0 Å². The fourth-order valence-corrected chi connectivity index (χ4v) is 3.54. The largest absolute Gasteiger partial charge is 0.423 e. The Hall–Kier alpha value is -2.98. The maximum atomic E-state index is 13.4. The van der Waals surface area contributed by atoms with Gasteiger partial charge >= 0.3 is 5.63 Å². The molecule has 0 aliphatic carbocycles. The molecule has 1 heterocycles. The molecule has 1 aromatic heterocycles. The third kappa shape index (κ3) is 3.24. The normalized spacial score (nSPS) is 12.5. The van der Waals surface area contributed by atoms with E-state index in [1.165, 1.54) is 6.07 Å². The Balaban J connectivity index is 1.75. The standard InChI is InChI=1S/C22H18FNO2/c1-24(13-15-5-4-7-18(23)11-15)14-17-12-21(25)26-20-10-9-16-6-2-3-8-19(16)22(17)20/h2-12H,13-14H2,1H3/p+1. The van der Waals surface area contributed by atoms with Crippen molar-refractivity contribution < 1.29 is 13.7 Å². The van der Waals surface area contributed by atoms with Crippen molar-refractivity contribution in [1.82, 2.24) is 0 Å². The Morgan fingerprint density at radius 2 is 1.81 bits per heavy atom. The second-order valence-electron chi connectivity index (χ2n) is 6.69. The van der Waals surface area contributed by atoms with Crippen molar-refractivity contribution in [3.63, 3.8) is 0 Å². The molecule has 3 nitrogen and oxygen atoms in total. The van der Waals surface area contributed by atoms with Crippen LogP contribution in [0.15, 0.2) is 75.9 Å². The van der Waals surface area contributed by atoms with Crippen LogP contribution in [0.25, 0.3) is 21.7 Å². The van der Waals surface area contributed by atoms with Gasteiger partial charge < -0.3 is 9.32 Å². The molecule has 0 aliphatic rings. The van der Waals surface area contributed by atoms with E-state index in [2.05, 4.69) is 0 Å². The third-order valence-corrected chi connectivity index (χ3v) is 4.60. The highest BCUT2D eigenvalue weighted by molar-refractivity contribution is 6.06. The molecule has 0 fully saturated rings. The molecule has 0 spiro atoms. The zero-order chi connectivity index (χ0) is 18.1. The van der Waals surface area contributed by atoms with Crippen LogP contribution in [0, 0.1) is 5.82 Å². The van der Waals surface area contributed by atoms with Crippen LogP contribution in [-0.4, -0.2) is 7.05 Å². The first-order chi connectivity index (χ1) is 12.6. The van der Waals surface area contributed by atoms with Gasteiger partial charge in [0.15, 0.2) is 0 Å². The maximum absolute atomic E-state index is 13.4. The molecule has 0 aliphatic heterocycles. The quantitative estimate of drug-likeness (QED) is 0.454. The number of halogens is 1. The number of hydrogen-bond acceptors (Lipinski definition) is 2. The van der Waals surface area contributed by atoms with Crippen LogP contribution in [-0.2, 0) is 13.1 Å². The zero-order valence-electron chi connectivity index (χ0n) is 14.5. The molecule has 0 amide bonds. The van der Waals surface area contributed by atoms with Crippen molar-refractivity contribution in [2.24, 2.45) is 0 Å². The van der Waals surface area contributed by atoms with Crippen LogP contribution in [0.3, 0.4) is 0 Å². The second-order valence-corrected chi connectivity index (χ2v) is 6.69.